The molecule has 1 aliphatic heterocycles. The van der Waals surface area contributed by atoms with Crippen LogP contribution in [0.25, 0.3) is 0 Å². The highest BCUT2D eigenvalue weighted by Gasteiger charge is 2.11. The first-order valence-corrected chi connectivity index (χ1v) is 6.50. The second-order valence-corrected chi connectivity index (χ2v) is 4.73. The first-order valence-electron chi connectivity index (χ1n) is 6.50. The van der Waals surface area contributed by atoms with Crippen LogP contribution in [0.2, 0.25) is 0 Å². The molecule has 19 heavy (non-hydrogen) atoms. The molecule has 7 nitrogen and oxygen atoms in total. The van der Waals surface area contributed by atoms with Crippen molar-refractivity contribution in [3.63, 3.8) is 0 Å². The molecular weight excluding hydrogens is 244 g/mol. The summed E-state index contributed by atoms with van der Waals surface area (Å²) in [5.41, 5.74) is 6.63. The van der Waals surface area contributed by atoms with Gasteiger partial charge in [0.2, 0.25) is 0 Å². The number of nitrogens with zero attached hydrogens (tertiary/aromatic N) is 4. The Morgan fingerprint density at radius 3 is 2.79 bits per heavy atom. The smallest absolute Gasteiger partial charge is 0.156 e. The van der Waals surface area contributed by atoms with Gasteiger partial charge in [-0.2, -0.15) is 0 Å². The Morgan fingerprint density at radius 1 is 1.37 bits per heavy atom. The molecule has 2 heterocycles. The molecule has 7 heteroatoms. The molecule has 0 aromatic carbocycles. The normalized spacial score (nSPS) is 16.3. The minimum absolute atomic E-state index is 0.592. The zero-order valence-corrected chi connectivity index (χ0v) is 11.6. The molecule has 0 radical (unpaired) electrons. The number of nitrogens with one attached hydrogen (secondary N) is 1. The molecule has 0 amide bonds. The SMILES string of the molecule is CN(C)c1ncnc(NCCN2CCOCC2)c1N. The van der Waals surface area contributed by atoms with E-state index >= 15 is 0 Å². The maximum absolute atomic E-state index is 6.04. The lowest BCUT2D eigenvalue weighted by molar-refractivity contribution is 0.0398. The average Bonchev–Trinajstić information content (AvgIpc) is 2.41. The highest BCUT2D eigenvalue weighted by molar-refractivity contribution is 5.74. The van der Waals surface area contributed by atoms with Crippen molar-refractivity contribution >= 4 is 17.3 Å². The maximum atomic E-state index is 6.04. The lowest BCUT2D eigenvalue weighted by atomic mass is 10.4. The molecule has 0 bridgehead atoms. The van der Waals surface area contributed by atoms with Crippen LogP contribution in [-0.2, 0) is 4.74 Å². The number of nitrogen functional groups attached to an aromatic ring is 1. The number of morpholine rings is 1. The molecule has 1 aliphatic rings. The Hall–Kier alpha value is -1.60. The van der Waals surface area contributed by atoms with Crippen LogP contribution in [0.3, 0.4) is 0 Å². The minimum Gasteiger partial charge on any atom is -0.393 e. The Balaban J connectivity index is 1.87. The lowest BCUT2D eigenvalue weighted by Gasteiger charge is -2.26. The molecule has 0 atom stereocenters. The quantitative estimate of drug-likeness (QED) is 0.768. The summed E-state index contributed by atoms with van der Waals surface area (Å²) in [6.07, 6.45) is 1.53. The van der Waals surface area contributed by atoms with Gasteiger partial charge in [0.15, 0.2) is 11.6 Å². The number of hydrogen-bond donors (Lipinski definition) is 2. The van der Waals surface area contributed by atoms with Gasteiger partial charge < -0.3 is 20.7 Å². The molecule has 2 rings (SSSR count). The third kappa shape index (κ3) is 3.68. The monoisotopic (exact) mass is 266 g/mol. The highest BCUT2D eigenvalue weighted by atomic mass is 16.5. The average molecular weight is 266 g/mol. The van der Waals surface area contributed by atoms with E-state index in [0.717, 1.165) is 45.2 Å². The van der Waals surface area contributed by atoms with E-state index < -0.39 is 0 Å². The first-order chi connectivity index (χ1) is 9.18. The van der Waals surface area contributed by atoms with Gasteiger partial charge in [-0.15, -0.1) is 0 Å². The van der Waals surface area contributed by atoms with Crippen molar-refractivity contribution in [1.82, 2.24) is 14.9 Å². The van der Waals surface area contributed by atoms with Crippen LogP contribution in [0.4, 0.5) is 17.3 Å². The summed E-state index contributed by atoms with van der Waals surface area (Å²) in [6.45, 7) is 5.40. The van der Waals surface area contributed by atoms with Gasteiger partial charge in [-0.05, 0) is 0 Å². The van der Waals surface area contributed by atoms with Gasteiger partial charge in [-0.1, -0.05) is 0 Å². The number of aromatic nitrogens is 2. The summed E-state index contributed by atoms with van der Waals surface area (Å²) in [7, 11) is 3.83. The van der Waals surface area contributed by atoms with E-state index in [9.17, 15) is 0 Å². The summed E-state index contributed by atoms with van der Waals surface area (Å²) in [4.78, 5) is 12.6. The molecule has 106 valence electrons. The van der Waals surface area contributed by atoms with E-state index in [1.54, 1.807) is 0 Å². The largest absolute Gasteiger partial charge is 0.393 e. The standard InChI is InChI=1S/C12H22N6O/c1-17(2)12-10(13)11(15-9-16-12)14-3-4-18-5-7-19-8-6-18/h9H,3-8,13H2,1-2H3,(H,14,15,16). The van der Waals surface area contributed by atoms with E-state index in [0.29, 0.717) is 11.5 Å². The Morgan fingerprint density at radius 2 is 2.11 bits per heavy atom. The van der Waals surface area contributed by atoms with Crippen molar-refractivity contribution in [3.8, 4) is 0 Å². The fourth-order valence-electron chi connectivity index (χ4n) is 2.04. The molecule has 1 saturated heterocycles. The fraction of sp³-hybridized carbons (Fsp3) is 0.667. The van der Waals surface area contributed by atoms with Crippen LogP contribution in [-0.4, -0.2) is 68.4 Å². The summed E-state index contributed by atoms with van der Waals surface area (Å²) >= 11 is 0. The van der Waals surface area contributed by atoms with Crippen LogP contribution in [0, 0.1) is 0 Å². The Labute approximate surface area is 113 Å². The van der Waals surface area contributed by atoms with Crippen molar-refractivity contribution in [1.29, 1.82) is 0 Å². The van der Waals surface area contributed by atoms with Crippen LogP contribution < -0.4 is 16.0 Å². The molecule has 0 aliphatic carbocycles. The number of nitrogens with two attached hydrogens (primary N) is 1. The van der Waals surface area contributed by atoms with Crippen molar-refractivity contribution in [2.75, 3.05) is 69.4 Å². The summed E-state index contributed by atoms with van der Waals surface area (Å²) in [6, 6.07) is 0. The number of ether oxygens (including phenoxy) is 1. The van der Waals surface area contributed by atoms with Gasteiger partial charge in [0.1, 0.15) is 12.0 Å². The topological polar surface area (TPSA) is 79.5 Å². The maximum Gasteiger partial charge on any atom is 0.156 e. The van der Waals surface area contributed by atoms with E-state index in [1.165, 1.54) is 6.33 Å². The van der Waals surface area contributed by atoms with Crippen LogP contribution in [0.15, 0.2) is 6.33 Å². The zero-order valence-electron chi connectivity index (χ0n) is 11.6. The second-order valence-electron chi connectivity index (χ2n) is 4.73. The van der Waals surface area contributed by atoms with E-state index in [1.807, 2.05) is 19.0 Å². The molecule has 1 fully saturated rings. The predicted molar refractivity (Wildman–Crippen MR) is 76.5 cm³/mol. The molecule has 0 saturated carbocycles. The number of hydrogen-bond acceptors (Lipinski definition) is 7. The van der Waals surface area contributed by atoms with Gasteiger partial charge in [0, 0.05) is 40.3 Å². The van der Waals surface area contributed by atoms with Gasteiger partial charge >= 0.3 is 0 Å². The summed E-state index contributed by atoms with van der Waals surface area (Å²) in [5, 5.41) is 3.27. The van der Waals surface area contributed by atoms with E-state index in [2.05, 4.69) is 20.2 Å². The molecular formula is C12H22N6O. The van der Waals surface area contributed by atoms with E-state index in [4.69, 9.17) is 10.5 Å². The number of rotatable bonds is 5. The van der Waals surface area contributed by atoms with Gasteiger partial charge in [0.05, 0.1) is 13.2 Å². The summed E-state index contributed by atoms with van der Waals surface area (Å²) in [5.74, 6) is 1.44. The molecule has 1 aromatic heterocycles. The van der Waals surface area contributed by atoms with E-state index in [-0.39, 0.29) is 0 Å². The number of anilines is 3. The van der Waals surface area contributed by atoms with Crippen LogP contribution in [0.1, 0.15) is 0 Å². The fourth-order valence-corrected chi connectivity index (χ4v) is 2.04. The highest BCUT2D eigenvalue weighted by Crippen LogP contribution is 2.23. The molecule has 0 spiro atoms. The van der Waals surface area contributed by atoms with Crippen molar-refractivity contribution in [2.24, 2.45) is 0 Å². The van der Waals surface area contributed by atoms with Gasteiger partial charge in [-0.3, -0.25) is 4.90 Å². The third-order valence-corrected chi connectivity index (χ3v) is 3.11. The lowest BCUT2D eigenvalue weighted by Crippen LogP contribution is -2.39. The predicted octanol–water partition coefficient (Wildman–Crippen LogP) is -0.131. The van der Waals surface area contributed by atoms with Crippen molar-refractivity contribution in [2.45, 2.75) is 0 Å². The zero-order chi connectivity index (χ0) is 13.7. The summed E-state index contributed by atoms with van der Waals surface area (Å²) < 4.78 is 5.32. The van der Waals surface area contributed by atoms with Gasteiger partial charge in [-0.25, -0.2) is 9.97 Å². The second kappa shape index (κ2) is 6.53. The van der Waals surface area contributed by atoms with Gasteiger partial charge in [0.25, 0.3) is 0 Å². The third-order valence-electron chi connectivity index (χ3n) is 3.11. The van der Waals surface area contributed by atoms with Crippen LogP contribution in [0.5, 0.6) is 0 Å². The van der Waals surface area contributed by atoms with Crippen molar-refractivity contribution in [3.05, 3.63) is 6.33 Å². The Bertz CT molecular complexity index is 405. The first kappa shape index (κ1) is 13.8. The minimum atomic E-state index is 0.592. The Kier molecular flexibility index (Phi) is 4.75. The molecule has 3 N–H and O–H groups in total. The molecule has 0 unspecified atom stereocenters. The van der Waals surface area contributed by atoms with Crippen LogP contribution >= 0.6 is 0 Å². The molecule has 1 aromatic rings. The van der Waals surface area contributed by atoms with Crippen molar-refractivity contribution < 1.29 is 4.74 Å².